The SMILES string of the molecule is Cc1ccccc1-n1c(N)c(-c2nc3ccccc3n2C)c2nc(C#N)c(C#N)nc21. The molecule has 148 valence electrons. The van der Waals surface area contributed by atoms with Crippen LogP contribution in [0.2, 0.25) is 0 Å². The Labute approximate surface area is 177 Å². The molecule has 0 amide bonds. The van der Waals surface area contributed by atoms with Crippen LogP contribution in [0, 0.1) is 29.6 Å². The Hall–Kier alpha value is -4.69. The van der Waals surface area contributed by atoms with Crippen molar-refractivity contribution in [3.05, 3.63) is 65.5 Å². The molecule has 0 aliphatic carbocycles. The number of para-hydroxylation sites is 3. The number of nitrogens with zero attached hydrogens (tertiary/aromatic N) is 7. The first-order valence-electron chi connectivity index (χ1n) is 9.55. The van der Waals surface area contributed by atoms with Crippen LogP contribution in [0.5, 0.6) is 0 Å². The molecule has 0 saturated carbocycles. The van der Waals surface area contributed by atoms with Gasteiger partial charge in [0.2, 0.25) is 0 Å². The normalized spacial score (nSPS) is 11.0. The maximum absolute atomic E-state index is 9.51. The van der Waals surface area contributed by atoms with E-state index in [9.17, 15) is 10.5 Å². The number of aryl methyl sites for hydroxylation is 2. The van der Waals surface area contributed by atoms with E-state index in [0.29, 0.717) is 28.4 Å². The minimum absolute atomic E-state index is 0.0427. The largest absolute Gasteiger partial charge is 0.384 e. The standard InChI is InChI=1S/C23H16N8/c1-13-7-3-5-9-17(13)31-21(26)19(20-23(31)29-16(12-25)15(11-24)27-20)22-28-14-8-4-6-10-18(14)30(22)2/h3-10H,26H2,1-2H3. The Morgan fingerprint density at radius 3 is 2.29 bits per heavy atom. The Kier molecular flexibility index (Phi) is 3.95. The summed E-state index contributed by atoms with van der Waals surface area (Å²) in [5.74, 6) is 1.00. The second-order valence-electron chi connectivity index (χ2n) is 7.18. The number of rotatable bonds is 2. The molecule has 2 aromatic carbocycles. The molecule has 0 aliphatic rings. The molecule has 8 heteroatoms. The second-order valence-corrected chi connectivity index (χ2v) is 7.18. The van der Waals surface area contributed by atoms with Gasteiger partial charge < -0.3 is 10.3 Å². The maximum Gasteiger partial charge on any atom is 0.179 e. The number of fused-ring (bicyclic) bond motifs is 2. The lowest BCUT2D eigenvalue weighted by Gasteiger charge is -2.10. The van der Waals surface area contributed by atoms with Gasteiger partial charge in [0.15, 0.2) is 17.0 Å². The van der Waals surface area contributed by atoms with Gasteiger partial charge in [-0.15, -0.1) is 0 Å². The minimum atomic E-state index is -0.0445. The molecule has 0 saturated heterocycles. The summed E-state index contributed by atoms with van der Waals surface area (Å²) in [5.41, 5.74) is 11.6. The highest BCUT2D eigenvalue weighted by Gasteiger charge is 2.26. The summed E-state index contributed by atoms with van der Waals surface area (Å²) in [7, 11) is 1.91. The molecule has 5 aromatic rings. The summed E-state index contributed by atoms with van der Waals surface area (Å²) in [6.45, 7) is 1.97. The monoisotopic (exact) mass is 404 g/mol. The van der Waals surface area contributed by atoms with Crippen LogP contribution in [-0.4, -0.2) is 24.1 Å². The third kappa shape index (κ3) is 2.56. The Morgan fingerprint density at radius 2 is 1.58 bits per heavy atom. The fraction of sp³-hybridized carbons (Fsp3) is 0.0870. The van der Waals surface area contributed by atoms with Gasteiger partial charge in [0, 0.05) is 7.05 Å². The number of hydrogen-bond acceptors (Lipinski definition) is 6. The summed E-state index contributed by atoms with van der Waals surface area (Å²) in [6, 6.07) is 19.4. The minimum Gasteiger partial charge on any atom is -0.384 e. The van der Waals surface area contributed by atoms with Crippen LogP contribution < -0.4 is 5.73 Å². The van der Waals surface area contributed by atoms with E-state index in [1.54, 1.807) is 4.57 Å². The van der Waals surface area contributed by atoms with E-state index in [1.165, 1.54) is 0 Å². The van der Waals surface area contributed by atoms with Crippen molar-refractivity contribution in [3.63, 3.8) is 0 Å². The molecule has 0 radical (unpaired) electrons. The fourth-order valence-corrected chi connectivity index (χ4v) is 3.90. The average Bonchev–Trinajstić information content (AvgIpc) is 3.26. The van der Waals surface area contributed by atoms with Gasteiger partial charge in [-0.3, -0.25) is 4.57 Å². The molecular weight excluding hydrogens is 388 g/mol. The first-order valence-corrected chi connectivity index (χ1v) is 9.55. The number of benzene rings is 2. The first kappa shape index (κ1) is 18.3. The molecule has 31 heavy (non-hydrogen) atoms. The van der Waals surface area contributed by atoms with Crippen molar-refractivity contribution in [2.45, 2.75) is 6.92 Å². The molecule has 0 atom stereocenters. The molecule has 2 N–H and O–H groups in total. The van der Waals surface area contributed by atoms with E-state index < -0.39 is 0 Å². The van der Waals surface area contributed by atoms with Gasteiger partial charge in [0.25, 0.3) is 0 Å². The quantitative estimate of drug-likeness (QED) is 0.479. The lowest BCUT2D eigenvalue weighted by atomic mass is 10.2. The van der Waals surface area contributed by atoms with Gasteiger partial charge in [0.1, 0.15) is 29.3 Å². The van der Waals surface area contributed by atoms with Gasteiger partial charge in [-0.2, -0.15) is 10.5 Å². The highest BCUT2D eigenvalue weighted by Crippen LogP contribution is 2.38. The summed E-state index contributed by atoms with van der Waals surface area (Å²) < 4.78 is 3.71. The number of anilines is 1. The van der Waals surface area contributed by atoms with Crippen LogP contribution in [0.15, 0.2) is 48.5 Å². The number of aromatic nitrogens is 5. The molecule has 8 nitrogen and oxygen atoms in total. The highest BCUT2D eigenvalue weighted by atomic mass is 15.1. The zero-order valence-electron chi connectivity index (χ0n) is 16.8. The van der Waals surface area contributed by atoms with Crippen molar-refractivity contribution in [1.82, 2.24) is 24.1 Å². The van der Waals surface area contributed by atoms with Gasteiger partial charge in [-0.1, -0.05) is 30.3 Å². The van der Waals surface area contributed by atoms with E-state index in [-0.39, 0.29) is 11.4 Å². The molecule has 0 bridgehead atoms. The van der Waals surface area contributed by atoms with Crippen LogP contribution in [0.1, 0.15) is 17.0 Å². The summed E-state index contributed by atoms with van der Waals surface area (Å²) in [6.07, 6.45) is 0. The number of hydrogen-bond donors (Lipinski definition) is 1. The molecule has 0 spiro atoms. The molecule has 5 rings (SSSR count). The first-order chi connectivity index (χ1) is 15.0. The summed E-state index contributed by atoms with van der Waals surface area (Å²) >= 11 is 0. The molecule has 0 aliphatic heterocycles. The molecule has 0 fully saturated rings. The Morgan fingerprint density at radius 1 is 0.903 bits per heavy atom. The fourth-order valence-electron chi connectivity index (χ4n) is 3.90. The van der Waals surface area contributed by atoms with Gasteiger partial charge in [-0.25, -0.2) is 15.0 Å². The van der Waals surface area contributed by atoms with Crippen molar-refractivity contribution in [3.8, 4) is 29.2 Å². The third-order valence-electron chi connectivity index (χ3n) is 5.40. The Balaban J connectivity index is 1.97. The number of nitriles is 2. The van der Waals surface area contributed by atoms with Crippen LogP contribution in [0.3, 0.4) is 0 Å². The average molecular weight is 404 g/mol. The molecular formula is C23H16N8. The van der Waals surface area contributed by atoms with E-state index >= 15 is 0 Å². The van der Waals surface area contributed by atoms with Crippen LogP contribution in [0.4, 0.5) is 5.82 Å². The number of imidazole rings is 1. The molecule has 3 aromatic heterocycles. The van der Waals surface area contributed by atoms with Gasteiger partial charge in [0.05, 0.1) is 22.3 Å². The third-order valence-corrected chi connectivity index (χ3v) is 5.40. The van der Waals surface area contributed by atoms with Crippen molar-refractivity contribution in [2.75, 3.05) is 5.73 Å². The van der Waals surface area contributed by atoms with Crippen molar-refractivity contribution < 1.29 is 0 Å². The zero-order chi connectivity index (χ0) is 21.7. The Bertz CT molecular complexity index is 1590. The van der Waals surface area contributed by atoms with E-state index in [2.05, 4.69) is 9.97 Å². The topological polar surface area (TPSA) is 122 Å². The van der Waals surface area contributed by atoms with E-state index in [0.717, 1.165) is 22.3 Å². The predicted octanol–water partition coefficient (Wildman–Crippen LogP) is 3.61. The van der Waals surface area contributed by atoms with E-state index in [1.807, 2.05) is 79.2 Å². The molecule has 3 heterocycles. The van der Waals surface area contributed by atoms with E-state index in [4.69, 9.17) is 10.7 Å². The van der Waals surface area contributed by atoms with Gasteiger partial charge >= 0.3 is 0 Å². The number of nitrogens with two attached hydrogens (primary N) is 1. The number of nitrogen functional groups attached to an aromatic ring is 1. The predicted molar refractivity (Wildman–Crippen MR) is 117 cm³/mol. The van der Waals surface area contributed by atoms with Gasteiger partial charge in [-0.05, 0) is 30.7 Å². The van der Waals surface area contributed by atoms with Crippen molar-refractivity contribution in [1.29, 1.82) is 10.5 Å². The van der Waals surface area contributed by atoms with Crippen molar-refractivity contribution >= 4 is 28.0 Å². The summed E-state index contributed by atoms with van der Waals surface area (Å²) in [5, 5.41) is 19.0. The smallest absolute Gasteiger partial charge is 0.179 e. The lowest BCUT2D eigenvalue weighted by molar-refractivity contribution is 0.959. The maximum atomic E-state index is 9.51. The zero-order valence-corrected chi connectivity index (χ0v) is 16.8. The van der Waals surface area contributed by atoms with Crippen LogP contribution in [-0.2, 0) is 7.05 Å². The summed E-state index contributed by atoms with van der Waals surface area (Å²) in [4.78, 5) is 13.7. The second kappa shape index (κ2) is 6.68. The van der Waals surface area contributed by atoms with Crippen molar-refractivity contribution in [2.24, 2.45) is 7.05 Å². The van der Waals surface area contributed by atoms with Crippen LogP contribution in [0.25, 0.3) is 39.3 Å². The lowest BCUT2D eigenvalue weighted by Crippen LogP contribution is -2.04. The van der Waals surface area contributed by atoms with Crippen LogP contribution >= 0.6 is 0 Å². The molecule has 0 unspecified atom stereocenters. The highest BCUT2D eigenvalue weighted by molar-refractivity contribution is 6.00.